The van der Waals surface area contributed by atoms with E-state index in [2.05, 4.69) is 4.74 Å². The molecule has 1 heterocycles. The first-order valence-corrected chi connectivity index (χ1v) is 6.77. The van der Waals surface area contributed by atoms with E-state index in [9.17, 15) is 14.4 Å². The largest absolute Gasteiger partial charge is 0.469 e. The summed E-state index contributed by atoms with van der Waals surface area (Å²) in [7, 11) is 1.34. The Morgan fingerprint density at radius 2 is 1.95 bits per heavy atom. The number of cyclic esters (lactones) is 2. The van der Waals surface area contributed by atoms with E-state index in [-0.39, 0.29) is 5.97 Å². The van der Waals surface area contributed by atoms with Crippen molar-refractivity contribution in [3.8, 4) is 0 Å². The van der Waals surface area contributed by atoms with Crippen LogP contribution in [0.4, 0.5) is 4.79 Å². The summed E-state index contributed by atoms with van der Waals surface area (Å²) in [5.41, 5.74) is 0.723. The number of ether oxygens (including phenoxy) is 2. The quantitative estimate of drug-likeness (QED) is 0.455. The molecule has 1 amide bonds. The summed E-state index contributed by atoms with van der Waals surface area (Å²) < 4.78 is 9.25. The van der Waals surface area contributed by atoms with Gasteiger partial charge in [-0.1, -0.05) is 30.3 Å². The van der Waals surface area contributed by atoms with Crippen molar-refractivity contribution in [1.29, 1.82) is 0 Å². The summed E-state index contributed by atoms with van der Waals surface area (Å²) in [6.07, 6.45) is 0.850. The van der Waals surface area contributed by atoms with Crippen LogP contribution in [0, 0.1) is 0 Å². The van der Waals surface area contributed by atoms with Crippen LogP contribution in [-0.2, 0) is 19.1 Å². The topological polar surface area (TPSA) is 72.9 Å². The number of amides is 1. The maximum atomic E-state index is 11.8. The molecule has 1 unspecified atom stereocenters. The van der Waals surface area contributed by atoms with Crippen molar-refractivity contribution in [3.05, 3.63) is 35.9 Å². The highest BCUT2D eigenvalue weighted by Gasteiger charge is 2.41. The van der Waals surface area contributed by atoms with Crippen molar-refractivity contribution in [2.75, 3.05) is 13.7 Å². The molecular weight excluding hydrogens is 274 g/mol. The Labute approximate surface area is 122 Å². The van der Waals surface area contributed by atoms with Crippen LogP contribution in [0.1, 0.15) is 30.9 Å². The van der Waals surface area contributed by atoms with E-state index in [1.165, 1.54) is 12.0 Å². The van der Waals surface area contributed by atoms with Crippen LogP contribution < -0.4 is 0 Å². The van der Waals surface area contributed by atoms with Crippen LogP contribution in [0.5, 0.6) is 0 Å². The number of hydrogen-bond donors (Lipinski definition) is 0. The molecule has 1 aliphatic rings. The average Bonchev–Trinajstić information content (AvgIpc) is 2.78. The van der Waals surface area contributed by atoms with E-state index in [0.29, 0.717) is 25.8 Å². The highest BCUT2D eigenvalue weighted by Crippen LogP contribution is 2.29. The fourth-order valence-electron chi connectivity index (χ4n) is 2.26. The molecule has 0 N–H and O–H groups in total. The van der Waals surface area contributed by atoms with Crippen LogP contribution in [0.25, 0.3) is 0 Å². The molecule has 1 aromatic carbocycles. The molecule has 112 valence electrons. The minimum absolute atomic E-state index is 0.283. The van der Waals surface area contributed by atoms with Gasteiger partial charge in [-0.25, -0.2) is 9.59 Å². The van der Waals surface area contributed by atoms with Crippen molar-refractivity contribution in [2.45, 2.75) is 25.3 Å². The monoisotopic (exact) mass is 291 g/mol. The zero-order valence-electron chi connectivity index (χ0n) is 11.8. The van der Waals surface area contributed by atoms with Gasteiger partial charge in [-0.15, -0.1) is 0 Å². The van der Waals surface area contributed by atoms with Crippen molar-refractivity contribution in [2.24, 2.45) is 0 Å². The molecule has 1 fully saturated rings. The van der Waals surface area contributed by atoms with Crippen LogP contribution in [0.2, 0.25) is 0 Å². The van der Waals surface area contributed by atoms with Gasteiger partial charge in [0.1, 0.15) is 0 Å². The molecule has 1 saturated heterocycles. The second-order valence-corrected chi connectivity index (χ2v) is 4.73. The first kappa shape index (κ1) is 15.0. The fourth-order valence-corrected chi connectivity index (χ4v) is 2.26. The highest BCUT2D eigenvalue weighted by molar-refractivity contribution is 5.96. The number of benzene rings is 1. The number of unbranched alkanes of at least 4 members (excludes halogenated alkanes) is 1. The molecule has 1 aromatic rings. The molecule has 0 aromatic heterocycles. The Balaban J connectivity index is 1.97. The summed E-state index contributed by atoms with van der Waals surface area (Å²) in [6, 6.07) is 8.32. The van der Waals surface area contributed by atoms with Gasteiger partial charge in [0.2, 0.25) is 0 Å². The predicted octanol–water partition coefficient (Wildman–Crippen LogP) is 2.05. The van der Waals surface area contributed by atoms with Crippen LogP contribution >= 0.6 is 0 Å². The van der Waals surface area contributed by atoms with E-state index in [1.807, 2.05) is 6.07 Å². The number of nitrogens with zero attached hydrogens (tertiary/aromatic N) is 1. The highest BCUT2D eigenvalue weighted by atomic mass is 16.6. The van der Waals surface area contributed by atoms with Crippen molar-refractivity contribution in [1.82, 2.24) is 4.90 Å². The molecule has 1 aliphatic heterocycles. The maximum absolute atomic E-state index is 11.8. The molecule has 21 heavy (non-hydrogen) atoms. The predicted molar refractivity (Wildman–Crippen MR) is 73.2 cm³/mol. The van der Waals surface area contributed by atoms with Gasteiger partial charge < -0.3 is 9.47 Å². The normalized spacial score (nSPS) is 17.8. The number of hydrogen-bond acceptors (Lipinski definition) is 5. The Bertz CT molecular complexity index is 528. The molecule has 1 atom stereocenters. The van der Waals surface area contributed by atoms with Crippen LogP contribution in [0.3, 0.4) is 0 Å². The molecule has 0 bridgehead atoms. The lowest BCUT2D eigenvalue weighted by atomic mass is 10.1. The van der Waals surface area contributed by atoms with Crippen molar-refractivity contribution >= 4 is 18.0 Å². The van der Waals surface area contributed by atoms with Crippen LogP contribution in [-0.4, -0.2) is 36.6 Å². The molecule has 2 rings (SSSR count). The SMILES string of the molecule is COC(=O)CCCCN1C(=O)OC(=O)C1c1ccccc1. The van der Waals surface area contributed by atoms with Gasteiger partial charge in [-0.05, 0) is 18.4 Å². The van der Waals surface area contributed by atoms with Gasteiger partial charge in [0.05, 0.1) is 7.11 Å². The summed E-state index contributed by atoms with van der Waals surface area (Å²) in [4.78, 5) is 36.0. The Morgan fingerprint density at radius 3 is 2.62 bits per heavy atom. The first-order chi connectivity index (χ1) is 10.1. The third kappa shape index (κ3) is 3.59. The fraction of sp³-hybridized carbons (Fsp3) is 0.400. The third-order valence-electron chi connectivity index (χ3n) is 3.33. The lowest BCUT2D eigenvalue weighted by Crippen LogP contribution is -2.29. The Hall–Kier alpha value is -2.37. The summed E-state index contributed by atoms with van der Waals surface area (Å²) in [5, 5.41) is 0. The third-order valence-corrected chi connectivity index (χ3v) is 3.33. The molecule has 0 spiro atoms. The molecule has 0 saturated carbocycles. The zero-order valence-corrected chi connectivity index (χ0v) is 11.8. The minimum Gasteiger partial charge on any atom is -0.469 e. The lowest BCUT2D eigenvalue weighted by Gasteiger charge is -2.19. The molecular formula is C15H17NO5. The molecule has 6 heteroatoms. The second-order valence-electron chi connectivity index (χ2n) is 4.73. The van der Waals surface area contributed by atoms with E-state index in [4.69, 9.17) is 4.74 Å². The standard InChI is InChI=1S/C15H17NO5/c1-20-12(17)9-5-6-10-16-13(14(18)21-15(16)19)11-7-3-2-4-8-11/h2-4,7-8,13H,5-6,9-10H2,1H3. The van der Waals surface area contributed by atoms with E-state index >= 15 is 0 Å². The van der Waals surface area contributed by atoms with E-state index in [1.54, 1.807) is 24.3 Å². The van der Waals surface area contributed by atoms with Gasteiger partial charge in [0.25, 0.3) is 0 Å². The first-order valence-electron chi connectivity index (χ1n) is 6.77. The zero-order chi connectivity index (χ0) is 15.2. The minimum atomic E-state index is -0.697. The van der Waals surface area contributed by atoms with Crippen molar-refractivity contribution in [3.63, 3.8) is 0 Å². The smallest absolute Gasteiger partial charge is 0.418 e. The van der Waals surface area contributed by atoms with Gasteiger partial charge in [0.15, 0.2) is 6.04 Å². The summed E-state index contributed by atoms with van der Waals surface area (Å²) in [5.74, 6) is -0.839. The maximum Gasteiger partial charge on any atom is 0.418 e. The summed E-state index contributed by atoms with van der Waals surface area (Å²) in [6.45, 7) is 0.362. The van der Waals surface area contributed by atoms with E-state index < -0.39 is 18.1 Å². The van der Waals surface area contributed by atoms with E-state index in [0.717, 1.165) is 5.56 Å². The summed E-state index contributed by atoms with van der Waals surface area (Å²) >= 11 is 0. The Kier molecular flexibility index (Phi) is 4.92. The number of carbonyl (C=O) groups is 3. The number of methoxy groups -OCH3 is 1. The number of rotatable bonds is 6. The Morgan fingerprint density at radius 1 is 1.24 bits per heavy atom. The van der Waals surface area contributed by atoms with Gasteiger partial charge in [0, 0.05) is 13.0 Å². The molecule has 0 radical (unpaired) electrons. The second kappa shape index (κ2) is 6.88. The molecule has 6 nitrogen and oxygen atoms in total. The van der Waals surface area contributed by atoms with Gasteiger partial charge >= 0.3 is 18.0 Å². The average molecular weight is 291 g/mol. The number of carbonyl (C=O) groups excluding carboxylic acids is 3. The van der Waals surface area contributed by atoms with Crippen LogP contribution in [0.15, 0.2) is 30.3 Å². The number of esters is 2. The van der Waals surface area contributed by atoms with Gasteiger partial charge in [-0.2, -0.15) is 0 Å². The van der Waals surface area contributed by atoms with Crippen molar-refractivity contribution < 1.29 is 23.9 Å². The van der Waals surface area contributed by atoms with Gasteiger partial charge in [-0.3, -0.25) is 9.69 Å². The lowest BCUT2D eigenvalue weighted by molar-refractivity contribution is -0.141. The molecule has 0 aliphatic carbocycles.